The molecule has 0 spiro atoms. The third-order valence-corrected chi connectivity index (χ3v) is 3.68. The highest BCUT2D eigenvalue weighted by Crippen LogP contribution is 2.13. The highest BCUT2D eigenvalue weighted by Gasteiger charge is 2.30. The molecule has 1 saturated heterocycles. The molecule has 2 atom stereocenters. The SMILES string of the molecule is CC(=O)C1CCN(C)C(Cc2ccccc2)C(=O)N1. The van der Waals surface area contributed by atoms with Crippen molar-refractivity contribution in [3.63, 3.8) is 0 Å². The summed E-state index contributed by atoms with van der Waals surface area (Å²) < 4.78 is 0. The van der Waals surface area contributed by atoms with E-state index >= 15 is 0 Å². The lowest BCUT2D eigenvalue weighted by molar-refractivity contribution is -0.128. The van der Waals surface area contributed by atoms with Crippen molar-refractivity contribution in [1.82, 2.24) is 10.2 Å². The number of nitrogens with zero attached hydrogens (tertiary/aromatic N) is 1. The zero-order valence-electron chi connectivity index (χ0n) is 11.4. The number of hydrogen-bond acceptors (Lipinski definition) is 3. The Balaban J connectivity index is 2.11. The van der Waals surface area contributed by atoms with Crippen molar-refractivity contribution in [3.05, 3.63) is 35.9 Å². The topological polar surface area (TPSA) is 49.4 Å². The summed E-state index contributed by atoms with van der Waals surface area (Å²) in [6.45, 7) is 2.28. The minimum absolute atomic E-state index is 0.0297. The second-order valence-corrected chi connectivity index (χ2v) is 5.15. The Kier molecular flexibility index (Phi) is 4.32. The molecule has 102 valence electrons. The number of nitrogens with one attached hydrogen (secondary N) is 1. The van der Waals surface area contributed by atoms with Crippen LogP contribution in [-0.4, -0.2) is 42.3 Å². The first-order chi connectivity index (χ1) is 9.08. The zero-order chi connectivity index (χ0) is 13.8. The minimum Gasteiger partial charge on any atom is -0.345 e. The normalized spacial score (nSPS) is 24.6. The van der Waals surface area contributed by atoms with Crippen molar-refractivity contribution < 1.29 is 9.59 Å². The van der Waals surface area contributed by atoms with Gasteiger partial charge in [0.25, 0.3) is 0 Å². The summed E-state index contributed by atoms with van der Waals surface area (Å²) in [4.78, 5) is 25.7. The van der Waals surface area contributed by atoms with Gasteiger partial charge in [0, 0.05) is 6.54 Å². The molecule has 2 rings (SSSR count). The van der Waals surface area contributed by atoms with Gasteiger partial charge in [0.2, 0.25) is 5.91 Å². The Morgan fingerprint density at radius 3 is 2.68 bits per heavy atom. The number of rotatable bonds is 3. The van der Waals surface area contributed by atoms with Gasteiger partial charge in [-0.25, -0.2) is 0 Å². The van der Waals surface area contributed by atoms with Crippen LogP contribution in [0.5, 0.6) is 0 Å². The van der Waals surface area contributed by atoms with E-state index in [0.29, 0.717) is 12.8 Å². The molecule has 19 heavy (non-hydrogen) atoms. The van der Waals surface area contributed by atoms with Crippen LogP contribution in [-0.2, 0) is 16.0 Å². The molecule has 1 aromatic rings. The highest BCUT2D eigenvalue weighted by atomic mass is 16.2. The fraction of sp³-hybridized carbons (Fsp3) is 0.467. The molecule has 4 nitrogen and oxygen atoms in total. The molecule has 1 aliphatic rings. The average Bonchev–Trinajstić information content (AvgIpc) is 2.53. The van der Waals surface area contributed by atoms with Gasteiger partial charge in [0.15, 0.2) is 5.78 Å². The lowest BCUT2D eigenvalue weighted by Gasteiger charge is -2.23. The van der Waals surface area contributed by atoms with Crippen LogP contribution in [0.2, 0.25) is 0 Å². The predicted octanol–water partition coefficient (Wildman–Crippen LogP) is 1.01. The zero-order valence-corrected chi connectivity index (χ0v) is 11.4. The monoisotopic (exact) mass is 260 g/mol. The number of carbonyl (C=O) groups excluding carboxylic acids is 2. The lowest BCUT2D eigenvalue weighted by Crippen LogP contribution is -2.46. The third kappa shape index (κ3) is 3.41. The van der Waals surface area contributed by atoms with Gasteiger partial charge in [-0.2, -0.15) is 0 Å². The molecule has 0 bridgehead atoms. The Labute approximate surface area is 113 Å². The van der Waals surface area contributed by atoms with Gasteiger partial charge < -0.3 is 5.32 Å². The fourth-order valence-corrected chi connectivity index (χ4v) is 2.42. The number of benzene rings is 1. The largest absolute Gasteiger partial charge is 0.345 e. The van der Waals surface area contributed by atoms with Gasteiger partial charge >= 0.3 is 0 Å². The highest BCUT2D eigenvalue weighted by molar-refractivity contribution is 5.90. The Hall–Kier alpha value is -1.68. The van der Waals surface area contributed by atoms with E-state index < -0.39 is 0 Å². The van der Waals surface area contributed by atoms with Crippen LogP contribution in [0.15, 0.2) is 30.3 Å². The molecule has 1 N–H and O–H groups in total. The smallest absolute Gasteiger partial charge is 0.238 e. The van der Waals surface area contributed by atoms with E-state index in [-0.39, 0.29) is 23.8 Å². The predicted molar refractivity (Wildman–Crippen MR) is 73.8 cm³/mol. The summed E-state index contributed by atoms with van der Waals surface area (Å²) in [6.07, 6.45) is 1.36. The molecule has 1 aliphatic heterocycles. The molecule has 1 aromatic carbocycles. The van der Waals surface area contributed by atoms with E-state index in [1.807, 2.05) is 42.3 Å². The summed E-state index contributed by atoms with van der Waals surface area (Å²) in [5.41, 5.74) is 1.13. The second-order valence-electron chi connectivity index (χ2n) is 5.15. The molecular weight excluding hydrogens is 240 g/mol. The van der Waals surface area contributed by atoms with Crippen LogP contribution in [0.25, 0.3) is 0 Å². The standard InChI is InChI=1S/C15H20N2O2/c1-11(18)13-8-9-17(2)14(15(19)16-13)10-12-6-4-3-5-7-12/h3-7,13-14H,8-10H2,1-2H3,(H,16,19). The van der Waals surface area contributed by atoms with Gasteiger partial charge in [-0.05, 0) is 32.4 Å². The number of Topliss-reactive ketones (excluding diaryl/α,β-unsaturated/α-hetero) is 1. The summed E-state index contributed by atoms with van der Waals surface area (Å²) in [7, 11) is 1.94. The maximum Gasteiger partial charge on any atom is 0.238 e. The first-order valence-electron chi connectivity index (χ1n) is 6.63. The van der Waals surface area contributed by atoms with Crippen molar-refractivity contribution in [2.24, 2.45) is 0 Å². The van der Waals surface area contributed by atoms with E-state index in [0.717, 1.165) is 12.1 Å². The molecule has 4 heteroatoms. The van der Waals surface area contributed by atoms with E-state index in [1.165, 1.54) is 6.92 Å². The molecule has 0 radical (unpaired) electrons. The molecule has 0 saturated carbocycles. The molecule has 1 fully saturated rings. The molecule has 1 amide bonds. The van der Waals surface area contributed by atoms with Crippen LogP contribution in [0.3, 0.4) is 0 Å². The van der Waals surface area contributed by atoms with Crippen LogP contribution in [0.1, 0.15) is 18.9 Å². The molecule has 1 heterocycles. The lowest BCUT2D eigenvalue weighted by atomic mass is 10.0. The fourth-order valence-electron chi connectivity index (χ4n) is 2.42. The van der Waals surface area contributed by atoms with Gasteiger partial charge in [-0.3, -0.25) is 14.5 Å². The first kappa shape index (κ1) is 13.7. The van der Waals surface area contributed by atoms with Crippen molar-refractivity contribution in [2.75, 3.05) is 13.6 Å². The summed E-state index contributed by atoms with van der Waals surface area (Å²) in [6, 6.07) is 9.42. The Morgan fingerprint density at radius 1 is 1.37 bits per heavy atom. The number of amides is 1. The van der Waals surface area contributed by atoms with Gasteiger partial charge in [0.1, 0.15) is 0 Å². The van der Waals surface area contributed by atoms with Gasteiger partial charge in [-0.15, -0.1) is 0 Å². The van der Waals surface area contributed by atoms with Crippen molar-refractivity contribution in [1.29, 1.82) is 0 Å². The number of carbonyl (C=O) groups is 2. The number of ketones is 1. The van der Waals surface area contributed by atoms with Crippen LogP contribution in [0.4, 0.5) is 0 Å². The van der Waals surface area contributed by atoms with Gasteiger partial charge in [-0.1, -0.05) is 30.3 Å². The maximum absolute atomic E-state index is 12.2. The van der Waals surface area contributed by atoms with Crippen molar-refractivity contribution in [3.8, 4) is 0 Å². The van der Waals surface area contributed by atoms with Crippen molar-refractivity contribution >= 4 is 11.7 Å². The number of hydrogen-bond donors (Lipinski definition) is 1. The van der Waals surface area contributed by atoms with Gasteiger partial charge in [0.05, 0.1) is 12.1 Å². The quantitative estimate of drug-likeness (QED) is 0.882. The summed E-state index contributed by atoms with van der Waals surface area (Å²) in [5.74, 6) is -0.0221. The Bertz CT molecular complexity index is 458. The van der Waals surface area contributed by atoms with E-state index in [9.17, 15) is 9.59 Å². The van der Waals surface area contributed by atoms with E-state index in [2.05, 4.69) is 5.32 Å². The van der Waals surface area contributed by atoms with Crippen LogP contribution >= 0.6 is 0 Å². The minimum atomic E-state index is -0.337. The van der Waals surface area contributed by atoms with E-state index in [4.69, 9.17) is 0 Å². The summed E-state index contributed by atoms with van der Waals surface area (Å²) >= 11 is 0. The Morgan fingerprint density at radius 2 is 2.05 bits per heavy atom. The molecular formula is C15H20N2O2. The number of likely N-dealkylation sites (N-methyl/N-ethyl adjacent to an activating group) is 1. The van der Waals surface area contributed by atoms with Crippen LogP contribution < -0.4 is 5.32 Å². The second kappa shape index (κ2) is 5.97. The van der Waals surface area contributed by atoms with E-state index in [1.54, 1.807) is 0 Å². The van der Waals surface area contributed by atoms with Crippen LogP contribution in [0, 0.1) is 0 Å². The maximum atomic E-state index is 12.2. The molecule has 2 unspecified atom stereocenters. The summed E-state index contributed by atoms with van der Waals surface area (Å²) in [5, 5.41) is 2.85. The third-order valence-electron chi connectivity index (χ3n) is 3.68. The van der Waals surface area contributed by atoms with Crippen molar-refractivity contribution in [2.45, 2.75) is 31.8 Å². The average molecular weight is 260 g/mol. The molecule has 0 aromatic heterocycles. The molecule has 0 aliphatic carbocycles. The first-order valence-corrected chi connectivity index (χ1v) is 6.63.